The molecule has 1 aliphatic heterocycles. The van der Waals surface area contributed by atoms with E-state index in [4.69, 9.17) is 19.9 Å². The number of aryl methyl sites for hydroxylation is 1. The molecule has 2 N–H and O–H groups in total. The highest BCUT2D eigenvalue weighted by Crippen LogP contribution is 2.44. The van der Waals surface area contributed by atoms with Crippen molar-refractivity contribution in [3.05, 3.63) is 36.9 Å². The van der Waals surface area contributed by atoms with E-state index < -0.39 is 0 Å². The van der Waals surface area contributed by atoms with Gasteiger partial charge in [0.05, 0.1) is 19.0 Å². The number of hydrogen-bond acceptors (Lipinski definition) is 6. The summed E-state index contributed by atoms with van der Waals surface area (Å²) in [7, 11) is 1.59. The molecular weight excluding hydrogens is 350 g/mol. The van der Waals surface area contributed by atoms with Gasteiger partial charge in [0.1, 0.15) is 5.82 Å². The summed E-state index contributed by atoms with van der Waals surface area (Å²) in [4.78, 5) is 15.3. The van der Waals surface area contributed by atoms with Gasteiger partial charge in [-0.1, -0.05) is 0 Å². The van der Waals surface area contributed by atoms with Crippen LogP contribution in [0.5, 0.6) is 17.2 Å². The summed E-state index contributed by atoms with van der Waals surface area (Å²) in [6.45, 7) is 0.784. The predicted octanol–water partition coefficient (Wildman–Crippen LogP) is 1.74. The second-order valence-electron chi connectivity index (χ2n) is 6.06. The lowest BCUT2D eigenvalue weighted by Gasteiger charge is -2.09. The molecule has 0 unspecified atom stereocenters. The van der Waals surface area contributed by atoms with Crippen molar-refractivity contribution in [2.24, 2.45) is 5.73 Å². The lowest BCUT2D eigenvalue weighted by atomic mass is 10.1. The molecule has 140 valence electrons. The first-order valence-corrected chi connectivity index (χ1v) is 8.48. The number of carbonyl (C=O) groups is 1. The van der Waals surface area contributed by atoms with Gasteiger partial charge >= 0.3 is 0 Å². The third-order valence-corrected chi connectivity index (χ3v) is 4.27. The van der Waals surface area contributed by atoms with Gasteiger partial charge in [-0.3, -0.25) is 14.0 Å². The minimum Gasteiger partial charge on any atom is -0.493 e. The van der Waals surface area contributed by atoms with Crippen molar-refractivity contribution < 1.29 is 19.0 Å². The second-order valence-corrected chi connectivity index (χ2v) is 6.06. The Bertz CT molecular complexity index is 978. The smallest absolute Gasteiger partial charge is 0.231 e. The number of benzene rings is 1. The zero-order valence-electron chi connectivity index (χ0n) is 14.8. The first kappa shape index (κ1) is 17.0. The number of nitrogens with zero attached hydrogens (tertiary/aromatic N) is 4. The van der Waals surface area contributed by atoms with E-state index in [0.29, 0.717) is 36.6 Å². The van der Waals surface area contributed by atoms with Gasteiger partial charge in [0.25, 0.3) is 0 Å². The van der Waals surface area contributed by atoms with Crippen LogP contribution < -0.4 is 19.9 Å². The summed E-state index contributed by atoms with van der Waals surface area (Å²) in [6, 6.07) is 3.74. The molecule has 2 aromatic heterocycles. The Morgan fingerprint density at radius 3 is 3.07 bits per heavy atom. The highest BCUT2D eigenvalue weighted by atomic mass is 16.7. The minimum atomic E-state index is -0.309. The molecule has 1 aromatic carbocycles. The van der Waals surface area contributed by atoms with E-state index >= 15 is 0 Å². The van der Waals surface area contributed by atoms with Crippen molar-refractivity contribution in [1.29, 1.82) is 0 Å². The van der Waals surface area contributed by atoms with Crippen LogP contribution in [0.1, 0.15) is 12.8 Å². The summed E-state index contributed by atoms with van der Waals surface area (Å²) < 4.78 is 20.1. The van der Waals surface area contributed by atoms with E-state index in [9.17, 15) is 4.79 Å². The van der Waals surface area contributed by atoms with E-state index in [1.807, 2.05) is 29.1 Å². The lowest BCUT2D eigenvalue weighted by Crippen LogP contribution is -2.11. The van der Waals surface area contributed by atoms with Crippen molar-refractivity contribution in [2.45, 2.75) is 19.4 Å². The Kier molecular flexibility index (Phi) is 4.41. The lowest BCUT2D eigenvalue weighted by molar-refractivity contribution is -0.118. The molecule has 0 bridgehead atoms. The molecular formula is C18H19N5O4. The fraction of sp³-hybridized carbons (Fsp3) is 0.278. The first-order chi connectivity index (χ1) is 13.2. The van der Waals surface area contributed by atoms with Crippen LogP contribution in [0, 0.1) is 0 Å². The fourth-order valence-corrected chi connectivity index (χ4v) is 3.00. The Labute approximate surface area is 155 Å². The largest absolute Gasteiger partial charge is 0.493 e. The third-order valence-electron chi connectivity index (χ3n) is 4.27. The summed E-state index contributed by atoms with van der Waals surface area (Å²) in [5.74, 6) is 2.23. The van der Waals surface area contributed by atoms with Crippen molar-refractivity contribution in [3.8, 4) is 34.3 Å². The minimum absolute atomic E-state index is 0.168. The van der Waals surface area contributed by atoms with Crippen LogP contribution in [-0.2, 0) is 11.3 Å². The molecule has 0 fully saturated rings. The second kappa shape index (κ2) is 7.02. The molecule has 0 aliphatic carbocycles. The first-order valence-electron chi connectivity index (χ1n) is 8.48. The molecule has 4 rings (SSSR count). The number of carbonyl (C=O) groups excluding carboxylic acids is 1. The molecule has 9 heteroatoms. The number of amides is 1. The quantitative estimate of drug-likeness (QED) is 0.680. The topological polar surface area (TPSA) is 106 Å². The standard InChI is InChI=1S/C18H19N5O4/c1-25-14-7-12(8-15-17(14)27-11-26-15)18-20-4-6-23(18)13-9-21-22(10-13)5-2-3-16(19)24/h4,6-10H,2-3,5,11H2,1H3,(H2,19,24). The van der Waals surface area contributed by atoms with Gasteiger partial charge < -0.3 is 19.9 Å². The van der Waals surface area contributed by atoms with Gasteiger partial charge in [-0.25, -0.2) is 4.98 Å². The van der Waals surface area contributed by atoms with Gasteiger partial charge in [-0.2, -0.15) is 5.10 Å². The molecule has 0 atom stereocenters. The zero-order chi connectivity index (χ0) is 18.8. The van der Waals surface area contributed by atoms with E-state index in [1.165, 1.54) is 0 Å². The summed E-state index contributed by atoms with van der Waals surface area (Å²) in [6.07, 6.45) is 8.21. The average Bonchev–Trinajstić information content (AvgIpc) is 3.39. The highest BCUT2D eigenvalue weighted by Gasteiger charge is 2.22. The van der Waals surface area contributed by atoms with Gasteiger partial charge in [0.2, 0.25) is 18.4 Å². The van der Waals surface area contributed by atoms with Crippen molar-refractivity contribution in [1.82, 2.24) is 19.3 Å². The fourth-order valence-electron chi connectivity index (χ4n) is 3.00. The number of ether oxygens (including phenoxy) is 3. The molecule has 3 aromatic rings. The average molecular weight is 369 g/mol. The molecule has 0 radical (unpaired) electrons. The molecule has 1 amide bonds. The van der Waals surface area contributed by atoms with Gasteiger partial charge in [0, 0.05) is 37.1 Å². The van der Waals surface area contributed by atoms with Crippen molar-refractivity contribution in [2.75, 3.05) is 13.9 Å². The highest BCUT2D eigenvalue weighted by molar-refractivity contribution is 5.73. The SMILES string of the molecule is COc1cc(-c2nccn2-c2cnn(CCCC(N)=O)c2)cc2c1OCO2. The Balaban J connectivity index is 1.63. The Morgan fingerprint density at radius 1 is 1.37 bits per heavy atom. The maximum absolute atomic E-state index is 10.9. The molecule has 9 nitrogen and oxygen atoms in total. The number of methoxy groups -OCH3 is 1. The third kappa shape index (κ3) is 3.31. The monoisotopic (exact) mass is 369 g/mol. The van der Waals surface area contributed by atoms with E-state index in [1.54, 1.807) is 24.2 Å². The van der Waals surface area contributed by atoms with Crippen molar-refractivity contribution in [3.63, 3.8) is 0 Å². The maximum Gasteiger partial charge on any atom is 0.231 e. The van der Waals surface area contributed by atoms with Crippen LogP contribution in [0.4, 0.5) is 0 Å². The van der Waals surface area contributed by atoms with E-state index in [-0.39, 0.29) is 12.7 Å². The van der Waals surface area contributed by atoms with Crippen LogP contribution >= 0.6 is 0 Å². The zero-order valence-corrected chi connectivity index (χ0v) is 14.8. The molecule has 0 spiro atoms. The van der Waals surface area contributed by atoms with Crippen LogP contribution in [-0.4, -0.2) is 39.1 Å². The number of aromatic nitrogens is 4. The Morgan fingerprint density at radius 2 is 2.26 bits per heavy atom. The van der Waals surface area contributed by atoms with Gasteiger partial charge in [-0.05, 0) is 18.6 Å². The van der Waals surface area contributed by atoms with Crippen LogP contribution in [0.3, 0.4) is 0 Å². The van der Waals surface area contributed by atoms with Crippen LogP contribution in [0.2, 0.25) is 0 Å². The number of primary amides is 1. The van der Waals surface area contributed by atoms with Crippen molar-refractivity contribution >= 4 is 5.91 Å². The van der Waals surface area contributed by atoms with Gasteiger partial charge in [0.15, 0.2) is 11.5 Å². The molecule has 0 saturated heterocycles. The predicted molar refractivity (Wildman–Crippen MR) is 95.9 cm³/mol. The molecule has 1 aliphatic rings. The summed E-state index contributed by atoms with van der Waals surface area (Å²) in [5.41, 5.74) is 6.87. The van der Waals surface area contributed by atoms with E-state index in [2.05, 4.69) is 10.1 Å². The Hall–Kier alpha value is -3.49. The number of fused-ring (bicyclic) bond motifs is 1. The van der Waals surface area contributed by atoms with Crippen LogP contribution in [0.15, 0.2) is 36.9 Å². The van der Waals surface area contributed by atoms with E-state index in [0.717, 1.165) is 17.1 Å². The molecule has 0 saturated carbocycles. The number of imidazole rings is 1. The normalized spacial score (nSPS) is 12.3. The number of nitrogens with two attached hydrogens (primary N) is 1. The van der Waals surface area contributed by atoms with Gasteiger partial charge in [-0.15, -0.1) is 0 Å². The number of rotatable bonds is 7. The molecule has 27 heavy (non-hydrogen) atoms. The maximum atomic E-state index is 10.9. The van der Waals surface area contributed by atoms with Crippen LogP contribution in [0.25, 0.3) is 17.1 Å². The summed E-state index contributed by atoms with van der Waals surface area (Å²) >= 11 is 0. The number of hydrogen-bond donors (Lipinski definition) is 1. The molecule has 3 heterocycles. The summed E-state index contributed by atoms with van der Waals surface area (Å²) in [5, 5.41) is 4.34.